The van der Waals surface area contributed by atoms with Gasteiger partial charge in [0, 0.05) is 36.6 Å². The highest BCUT2D eigenvalue weighted by Gasteiger charge is 2.30. The number of aromatic amines is 1. The van der Waals surface area contributed by atoms with Gasteiger partial charge >= 0.3 is 11.7 Å². The van der Waals surface area contributed by atoms with Gasteiger partial charge in [-0.2, -0.15) is 0 Å². The first kappa shape index (κ1) is 29.4. The molecule has 2 heterocycles. The molecule has 0 fully saturated rings. The summed E-state index contributed by atoms with van der Waals surface area (Å²) in [5, 5.41) is 15.1. The molecule has 0 amide bonds. The van der Waals surface area contributed by atoms with Crippen molar-refractivity contribution in [2.45, 2.75) is 13.0 Å². The molecule has 4 aromatic rings. The lowest BCUT2D eigenvalue weighted by Crippen LogP contribution is -2.19. The molecule has 4 rings (SSSR count). The van der Waals surface area contributed by atoms with Crippen molar-refractivity contribution in [2.75, 3.05) is 32.8 Å². The van der Waals surface area contributed by atoms with Gasteiger partial charge in [0.15, 0.2) is 17.4 Å². The summed E-state index contributed by atoms with van der Waals surface area (Å²) >= 11 is 0. The molecule has 2 aromatic carbocycles. The van der Waals surface area contributed by atoms with E-state index in [4.69, 9.17) is 30.1 Å². The zero-order valence-corrected chi connectivity index (χ0v) is 22.6. The van der Waals surface area contributed by atoms with Gasteiger partial charge < -0.3 is 30.0 Å². The number of nitrogens with zero attached hydrogens (tertiary/aromatic N) is 4. The number of nitrogens with two attached hydrogens (primary N) is 1. The normalized spacial score (nSPS) is 11.5. The Morgan fingerprint density at radius 3 is 2.52 bits per heavy atom. The Morgan fingerprint density at radius 2 is 1.90 bits per heavy atom. The van der Waals surface area contributed by atoms with Crippen LogP contribution in [0.5, 0.6) is 23.0 Å². The van der Waals surface area contributed by atoms with E-state index in [9.17, 15) is 14.0 Å². The highest BCUT2D eigenvalue weighted by Crippen LogP contribution is 2.44. The summed E-state index contributed by atoms with van der Waals surface area (Å²) < 4.78 is 51.3. The topological polar surface area (TPSA) is 192 Å². The summed E-state index contributed by atoms with van der Waals surface area (Å²) in [6.45, 7) is -0.214. The smallest absolute Gasteiger partial charge is 0.350 e. The Balaban J connectivity index is 1.93. The first-order chi connectivity index (χ1) is 20.2. The van der Waals surface area contributed by atoms with Gasteiger partial charge in [0.25, 0.3) is 5.95 Å². The summed E-state index contributed by atoms with van der Waals surface area (Å²) in [5.41, 5.74) is 5.12. The molecule has 0 aliphatic heterocycles. The third kappa shape index (κ3) is 6.11. The van der Waals surface area contributed by atoms with Crippen LogP contribution in [0.25, 0.3) is 5.95 Å². The minimum Gasteiger partial charge on any atom is -0.493 e. The van der Waals surface area contributed by atoms with Crippen LogP contribution in [0, 0.1) is 11.2 Å². The monoisotopic (exact) mass is 584 g/mol. The van der Waals surface area contributed by atoms with E-state index in [1.54, 1.807) is 6.07 Å². The van der Waals surface area contributed by atoms with Gasteiger partial charge in [-0.15, -0.1) is 9.78 Å². The summed E-state index contributed by atoms with van der Waals surface area (Å²) in [4.78, 5) is 35.2. The van der Waals surface area contributed by atoms with Gasteiger partial charge in [0.1, 0.15) is 30.9 Å². The van der Waals surface area contributed by atoms with Crippen molar-refractivity contribution in [2.24, 2.45) is 5.73 Å². The number of ether oxygens (including phenoxy) is 4. The van der Waals surface area contributed by atoms with Crippen molar-refractivity contribution in [3.63, 3.8) is 0 Å². The fourth-order valence-corrected chi connectivity index (χ4v) is 3.98. The molecule has 0 radical (unpaired) electrons. The average Bonchev–Trinajstić information content (AvgIpc) is 3.36. The molecular weight excluding hydrogens is 558 g/mol. The van der Waals surface area contributed by atoms with Crippen molar-refractivity contribution < 1.29 is 32.5 Å². The molecule has 0 spiro atoms. The minimum atomic E-state index is -1.27. The van der Waals surface area contributed by atoms with Gasteiger partial charge in [0.2, 0.25) is 11.5 Å². The molecule has 0 aliphatic carbocycles. The number of carbonyl (C=O) groups is 1. The van der Waals surface area contributed by atoms with Gasteiger partial charge in [-0.3, -0.25) is 15.2 Å². The van der Waals surface area contributed by atoms with E-state index in [-0.39, 0.29) is 51.7 Å². The minimum absolute atomic E-state index is 0.0373. The number of amidine groups is 1. The average molecular weight is 585 g/mol. The number of benzene rings is 2. The molecule has 14 nitrogen and oxygen atoms in total. The van der Waals surface area contributed by atoms with Crippen LogP contribution in [-0.2, 0) is 4.79 Å². The highest BCUT2D eigenvalue weighted by atomic mass is 19.1. The second-order valence-corrected chi connectivity index (χ2v) is 8.45. The van der Waals surface area contributed by atoms with Gasteiger partial charge in [-0.25, -0.2) is 23.5 Å². The number of carbonyl (C=O) groups excluding carboxylic acids is 1. The third-order valence-electron chi connectivity index (χ3n) is 5.71. The van der Waals surface area contributed by atoms with E-state index < -0.39 is 42.5 Å². The second-order valence-electron chi connectivity index (χ2n) is 8.45. The number of esters is 1. The van der Waals surface area contributed by atoms with Crippen LogP contribution < -0.4 is 35.7 Å². The van der Waals surface area contributed by atoms with Crippen molar-refractivity contribution in [3.05, 3.63) is 76.0 Å². The lowest BCUT2D eigenvalue weighted by molar-refractivity contribution is -0.131. The molecule has 42 heavy (non-hydrogen) atoms. The lowest BCUT2D eigenvalue weighted by Gasteiger charge is -2.23. The van der Waals surface area contributed by atoms with Crippen molar-refractivity contribution >= 4 is 17.5 Å². The van der Waals surface area contributed by atoms with Crippen LogP contribution in [0.1, 0.15) is 29.9 Å². The number of hydrogen-bond acceptors (Lipinski definition) is 11. The van der Waals surface area contributed by atoms with Crippen LogP contribution in [0.4, 0.5) is 14.5 Å². The maximum Gasteiger partial charge on any atom is 0.350 e. The number of nitrogen functional groups attached to an aromatic ring is 1. The predicted molar refractivity (Wildman–Crippen MR) is 145 cm³/mol. The molecule has 0 aliphatic rings. The largest absolute Gasteiger partial charge is 0.493 e. The first-order valence-electron chi connectivity index (χ1n) is 12.2. The van der Waals surface area contributed by atoms with E-state index in [1.807, 2.05) is 0 Å². The van der Waals surface area contributed by atoms with Crippen LogP contribution in [-0.4, -0.2) is 64.0 Å². The fraction of sp³-hybridized carbons (Fsp3) is 0.231. The molecule has 0 saturated heterocycles. The predicted octanol–water partition coefficient (Wildman–Crippen LogP) is 2.27. The number of rotatable bonds is 12. The van der Waals surface area contributed by atoms with Crippen LogP contribution >= 0.6 is 0 Å². The molecule has 0 bridgehead atoms. The SMILES string of the molecule is COc1cc(C(Nc2ccc(C(=N)N)c(OC(C)=O)c2)c2nn(-c3ncccn3)c(=O)[nH]2)c(F)c(OCCF)c1OC. The third-order valence-corrected chi connectivity index (χ3v) is 5.71. The van der Waals surface area contributed by atoms with Crippen LogP contribution in [0.15, 0.2) is 47.5 Å². The summed E-state index contributed by atoms with van der Waals surface area (Å²) in [7, 11) is 2.58. The Bertz CT molecular complexity index is 1660. The van der Waals surface area contributed by atoms with Gasteiger partial charge in [-0.05, 0) is 24.3 Å². The summed E-state index contributed by atoms with van der Waals surface area (Å²) in [6, 6.07) is 5.84. The molecule has 220 valence electrons. The Kier molecular flexibility index (Phi) is 8.94. The van der Waals surface area contributed by atoms with E-state index in [1.165, 1.54) is 57.8 Å². The number of alkyl halides is 1. The number of anilines is 1. The zero-order chi connectivity index (χ0) is 30.4. The molecule has 1 atom stereocenters. The van der Waals surface area contributed by atoms with Crippen molar-refractivity contribution in [1.82, 2.24) is 24.7 Å². The Hall–Kier alpha value is -5.54. The van der Waals surface area contributed by atoms with E-state index >= 15 is 4.39 Å². The maximum atomic E-state index is 16.2. The first-order valence-corrected chi connectivity index (χ1v) is 12.2. The molecule has 0 saturated carbocycles. The number of aromatic nitrogens is 5. The molecule has 16 heteroatoms. The van der Waals surface area contributed by atoms with E-state index in [0.29, 0.717) is 0 Å². The standard InChI is InChI=1S/C26H26F2N8O6/c1-13(37)42-17-11-14(5-6-15(17)23(29)30)33-20(24-34-26(38)36(35-24)25-31-8-4-9-32-25)16-12-18(39-2)21(40-3)22(19(16)28)41-10-7-27/h4-6,8-9,11-12,20,33H,7,10H2,1-3H3,(H3,29,30)(H,34,35,38). The van der Waals surface area contributed by atoms with Crippen LogP contribution in [0.3, 0.4) is 0 Å². The van der Waals surface area contributed by atoms with Crippen molar-refractivity contribution in [3.8, 4) is 28.9 Å². The summed E-state index contributed by atoms with van der Waals surface area (Å²) in [6.07, 6.45) is 2.82. The quantitative estimate of drug-likeness (QED) is 0.0826. The number of methoxy groups -OCH3 is 2. The van der Waals surface area contributed by atoms with E-state index in [2.05, 4.69) is 25.4 Å². The molecule has 2 aromatic heterocycles. The summed E-state index contributed by atoms with van der Waals surface area (Å²) in [5.74, 6) is -2.71. The number of hydrogen-bond donors (Lipinski definition) is 4. The molecule has 1 unspecified atom stereocenters. The van der Waals surface area contributed by atoms with Gasteiger partial charge in [0.05, 0.1) is 19.8 Å². The maximum absolute atomic E-state index is 16.2. The molecular formula is C26H26F2N8O6. The number of H-pyrrole nitrogens is 1. The second kappa shape index (κ2) is 12.8. The lowest BCUT2D eigenvalue weighted by atomic mass is 10.0. The Morgan fingerprint density at radius 1 is 1.17 bits per heavy atom. The highest BCUT2D eigenvalue weighted by molar-refractivity contribution is 5.98. The number of halogens is 2. The Labute approximate surface area is 236 Å². The van der Waals surface area contributed by atoms with Crippen molar-refractivity contribution in [1.29, 1.82) is 5.41 Å². The van der Waals surface area contributed by atoms with Crippen LogP contribution in [0.2, 0.25) is 0 Å². The number of nitrogens with one attached hydrogen (secondary N) is 3. The fourth-order valence-electron chi connectivity index (χ4n) is 3.98. The van der Waals surface area contributed by atoms with Gasteiger partial charge in [-0.1, -0.05) is 0 Å². The van der Waals surface area contributed by atoms with E-state index in [0.717, 1.165) is 4.68 Å². The molecule has 5 N–H and O–H groups in total. The zero-order valence-electron chi connectivity index (χ0n) is 22.6.